The van der Waals surface area contributed by atoms with Crippen LogP contribution in [0.4, 0.5) is 11.4 Å². The molecule has 0 aliphatic rings. The number of hydrogen-bond donors (Lipinski definition) is 3. The lowest BCUT2D eigenvalue weighted by molar-refractivity contribution is -0.116. The summed E-state index contributed by atoms with van der Waals surface area (Å²) < 4.78 is 0. The maximum atomic E-state index is 11.9. The molecule has 1 amide bonds. The molecule has 0 heterocycles. The molecule has 0 aromatic heterocycles. The minimum atomic E-state index is 0.0845. The van der Waals surface area contributed by atoms with Crippen molar-refractivity contribution in [2.45, 2.75) is 52.0 Å². The van der Waals surface area contributed by atoms with Crippen LogP contribution in [0.25, 0.3) is 0 Å². The molecule has 0 radical (unpaired) electrons. The smallest absolute Gasteiger partial charge is 0.224 e. The average Bonchev–Trinajstić information content (AvgIpc) is 2.62. The van der Waals surface area contributed by atoms with Crippen LogP contribution >= 0.6 is 0 Å². The zero-order chi connectivity index (χ0) is 17.9. The van der Waals surface area contributed by atoms with Crippen LogP contribution in [0.3, 0.4) is 0 Å². The van der Waals surface area contributed by atoms with Gasteiger partial charge in [0.1, 0.15) is 5.75 Å². The predicted molar refractivity (Wildman–Crippen MR) is 104 cm³/mol. The van der Waals surface area contributed by atoms with Gasteiger partial charge in [-0.25, -0.2) is 0 Å². The molecule has 0 aliphatic heterocycles. The molecule has 0 atom stereocenters. The SMILES string of the molecule is CCCCCCCC(=O)Nc1ccc(NCc2ccc(O)cc2)cc1. The Morgan fingerprint density at radius 2 is 1.52 bits per heavy atom. The molecular formula is C21H28N2O2. The predicted octanol–water partition coefficient (Wildman–Crippen LogP) is 5.30. The van der Waals surface area contributed by atoms with E-state index in [0.717, 1.165) is 29.8 Å². The Morgan fingerprint density at radius 1 is 0.880 bits per heavy atom. The summed E-state index contributed by atoms with van der Waals surface area (Å²) in [6.45, 7) is 2.87. The zero-order valence-corrected chi connectivity index (χ0v) is 14.9. The first-order valence-corrected chi connectivity index (χ1v) is 9.09. The Morgan fingerprint density at radius 3 is 2.20 bits per heavy atom. The van der Waals surface area contributed by atoms with Gasteiger partial charge in [-0.2, -0.15) is 0 Å². The molecule has 0 unspecified atom stereocenters. The summed E-state index contributed by atoms with van der Waals surface area (Å²) >= 11 is 0. The monoisotopic (exact) mass is 340 g/mol. The average molecular weight is 340 g/mol. The summed E-state index contributed by atoms with van der Waals surface area (Å²) in [5.74, 6) is 0.357. The van der Waals surface area contributed by atoms with E-state index in [0.29, 0.717) is 13.0 Å². The van der Waals surface area contributed by atoms with E-state index in [-0.39, 0.29) is 11.7 Å². The molecule has 2 aromatic rings. The van der Waals surface area contributed by atoms with Crippen LogP contribution in [0, 0.1) is 0 Å². The van der Waals surface area contributed by atoms with Gasteiger partial charge in [-0.1, -0.05) is 44.7 Å². The summed E-state index contributed by atoms with van der Waals surface area (Å²) in [6, 6.07) is 14.9. The minimum absolute atomic E-state index is 0.0845. The third-order valence-corrected chi connectivity index (χ3v) is 4.11. The first kappa shape index (κ1) is 18.8. The van der Waals surface area contributed by atoms with Crippen molar-refractivity contribution >= 4 is 17.3 Å². The van der Waals surface area contributed by atoms with E-state index in [1.54, 1.807) is 12.1 Å². The highest BCUT2D eigenvalue weighted by molar-refractivity contribution is 5.90. The number of phenols is 1. The quantitative estimate of drug-likeness (QED) is 0.514. The molecule has 0 fully saturated rings. The van der Waals surface area contributed by atoms with Crippen molar-refractivity contribution in [2.24, 2.45) is 0 Å². The van der Waals surface area contributed by atoms with E-state index >= 15 is 0 Å². The van der Waals surface area contributed by atoms with Crippen LogP contribution in [-0.4, -0.2) is 11.0 Å². The summed E-state index contributed by atoms with van der Waals surface area (Å²) in [4.78, 5) is 11.9. The van der Waals surface area contributed by atoms with Crippen molar-refractivity contribution in [3.63, 3.8) is 0 Å². The van der Waals surface area contributed by atoms with Gasteiger partial charge in [0.05, 0.1) is 0 Å². The second kappa shape index (κ2) is 10.4. The summed E-state index contributed by atoms with van der Waals surface area (Å²) in [7, 11) is 0. The van der Waals surface area contributed by atoms with Gasteiger partial charge in [0, 0.05) is 24.3 Å². The van der Waals surface area contributed by atoms with Gasteiger partial charge in [-0.15, -0.1) is 0 Å². The van der Waals surface area contributed by atoms with E-state index < -0.39 is 0 Å². The number of phenolic OH excluding ortho intramolecular Hbond substituents is 1. The topological polar surface area (TPSA) is 61.4 Å². The molecule has 134 valence electrons. The van der Waals surface area contributed by atoms with Crippen LogP contribution in [0.2, 0.25) is 0 Å². The van der Waals surface area contributed by atoms with Gasteiger partial charge in [-0.05, 0) is 48.4 Å². The van der Waals surface area contributed by atoms with Crippen molar-refractivity contribution in [3.8, 4) is 5.75 Å². The van der Waals surface area contributed by atoms with Crippen molar-refractivity contribution in [2.75, 3.05) is 10.6 Å². The van der Waals surface area contributed by atoms with Gasteiger partial charge in [0.2, 0.25) is 5.91 Å². The van der Waals surface area contributed by atoms with Crippen molar-refractivity contribution < 1.29 is 9.90 Å². The van der Waals surface area contributed by atoms with Crippen LogP contribution < -0.4 is 10.6 Å². The fourth-order valence-corrected chi connectivity index (χ4v) is 2.60. The van der Waals surface area contributed by atoms with E-state index in [9.17, 15) is 9.90 Å². The van der Waals surface area contributed by atoms with Gasteiger partial charge < -0.3 is 15.7 Å². The standard InChI is InChI=1S/C21H28N2O2/c1-2-3-4-5-6-7-21(25)23-19-12-10-18(11-13-19)22-16-17-8-14-20(24)15-9-17/h8-15,22,24H,2-7,16H2,1H3,(H,23,25). The molecule has 2 aromatic carbocycles. The third-order valence-electron chi connectivity index (χ3n) is 4.11. The van der Waals surface area contributed by atoms with E-state index in [4.69, 9.17) is 0 Å². The second-order valence-corrected chi connectivity index (χ2v) is 6.31. The number of anilines is 2. The highest BCUT2D eigenvalue weighted by Crippen LogP contribution is 2.16. The number of carbonyl (C=O) groups is 1. The van der Waals surface area contributed by atoms with E-state index in [1.165, 1.54) is 19.3 Å². The molecular weight excluding hydrogens is 312 g/mol. The van der Waals surface area contributed by atoms with E-state index in [1.807, 2.05) is 36.4 Å². The maximum Gasteiger partial charge on any atom is 0.224 e. The number of rotatable bonds is 10. The van der Waals surface area contributed by atoms with E-state index in [2.05, 4.69) is 17.6 Å². The third kappa shape index (κ3) is 7.29. The molecule has 0 spiro atoms. The molecule has 0 saturated carbocycles. The normalized spacial score (nSPS) is 10.4. The number of hydrogen-bond acceptors (Lipinski definition) is 3. The number of unbranched alkanes of at least 4 members (excludes halogenated alkanes) is 4. The zero-order valence-electron chi connectivity index (χ0n) is 14.9. The lowest BCUT2D eigenvalue weighted by Gasteiger charge is -2.09. The lowest BCUT2D eigenvalue weighted by Crippen LogP contribution is -2.11. The van der Waals surface area contributed by atoms with Crippen LogP contribution in [-0.2, 0) is 11.3 Å². The number of amides is 1. The molecule has 4 nitrogen and oxygen atoms in total. The van der Waals surface area contributed by atoms with Crippen LogP contribution in [0.15, 0.2) is 48.5 Å². The highest BCUT2D eigenvalue weighted by Gasteiger charge is 2.02. The largest absolute Gasteiger partial charge is 0.508 e. The summed E-state index contributed by atoms with van der Waals surface area (Å²) in [5.41, 5.74) is 2.91. The molecule has 0 bridgehead atoms. The lowest BCUT2D eigenvalue weighted by atomic mass is 10.1. The molecule has 3 N–H and O–H groups in total. The Hall–Kier alpha value is -2.49. The minimum Gasteiger partial charge on any atom is -0.508 e. The number of aromatic hydroxyl groups is 1. The maximum absolute atomic E-state index is 11.9. The number of benzene rings is 2. The number of nitrogens with one attached hydrogen (secondary N) is 2. The first-order chi connectivity index (χ1) is 12.2. The van der Waals surface area contributed by atoms with Gasteiger partial charge in [0.25, 0.3) is 0 Å². The molecule has 0 aliphatic carbocycles. The Bertz CT molecular complexity index is 636. The second-order valence-electron chi connectivity index (χ2n) is 6.31. The highest BCUT2D eigenvalue weighted by atomic mass is 16.3. The van der Waals surface area contributed by atoms with Crippen molar-refractivity contribution in [1.82, 2.24) is 0 Å². The Kier molecular flexibility index (Phi) is 7.83. The number of carbonyl (C=O) groups excluding carboxylic acids is 1. The molecule has 4 heteroatoms. The fourth-order valence-electron chi connectivity index (χ4n) is 2.60. The van der Waals surface area contributed by atoms with Gasteiger partial charge in [0.15, 0.2) is 0 Å². The van der Waals surface area contributed by atoms with Gasteiger partial charge in [-0.3, -0.25) is 4.79 Å². The van der Waals surface area contributed by atoms with Gasteiger partial charge >= 0.3 is 0 Å². The molecule has 2 rings (SSSR count). The molecule has 25 heavy (non-hydrogen) atoms. The van der Waals surface area contributed by atoms with Crippen molar-refractivity contribution in [3.05, 3.63) is 54.1 Å². The Labute approximate surface area is 150 Å². The summed E-state index contributed by atoms with van der Waals surface area (Å²) in [6.07, 6.45) is 6.36. The first-order valence-electron chi connectivity index (χ1n) is 9.09. The van der Waals surface area contributed by atoms with Crippen LogP contribution in [0.1, 0.15) is 51.0 Å². The molecule has 0 saturated heterocycles. The Balaban J connectivity index is 1.71. The van der Waals surface area contributed by atoms with Crippen LogP contribution in [0.5, 0.6) is 5.75 Å². The van der Waals surface area contributed by atoms with Crippen molar-refractivity contribution in [1.29, 1.82) is 0 Å². The fraction of sp³-hybridized carbons (Fsp3) is 0.381. The summed E-state index contributed by atoms with van der Waals surface area (Å²) in [5, 5.41) is 15.5.